The van der Waals surface area contributed by atoms with Crippen molar-refractivity contribution in [3.05, 3.63) is 18.0 Å². The zero-order valence-electron chi connectivity index (χ0n) is 10.2. The van der Waals surface area contributed by atoms with Crippen LogP contribution in [0.3, 0.4) is 0 Å². The number of carboxylic acids is 1. The Balaban J connectivity index is 2.64. The fraction of sp³-hybridized carbons (Fsp3) is 0.545. The number of aryl methyl sites for hydroxylation is 1. The maximum atomic E-state index is 11.2. The van der Waals surface area contributed by atoms with E-state index in [-0.39, 0.29) is 0 Å². The molecule has 94 valence electrons. The van der Waals surface area contributed by atoms with Gasteiger partial charge >= 0.3 is 5.97 Å². The van der Waals surface area contributed by atoms with E-state index < -0.39 is 11.5 Å². The Kier molecular flexibility index (Phi) is 4.89. The van der Waals surface area contributed by atoms with Gasteiger partial charge in [0, 0.05) is 18.1 Å². The lowest BCUT2D eigenvalue weighted by Gasteiger charge is -2.24. The number of hydrogen-bond acceptors (Lipinski definition) is 5. The average Bonchev–Trinajstić information content (AvgIpc) is 2.28. The van der Waals surface area contributed by atoms with Crippen molar-refractivity contribution >= 4 is 17.7 Å². The minimum atomic E-state index is -0.951. The second-order valence-corrected chi connectivity index (χ2v) is 4.94. The number of carboxylic acid groups (broad SMARTS) is 1. The minimum absolute atomic E-state index is 0.388. The summed E-state index contributed by atoms with van der Waals surface area (Å²) in [5.41, 5.74) is 0.0373. The van der Waals surface area contributed by atoms with E-state index in [2.05, 4.69) is 15.3 Å². The fourth-order valence-electron chi connectivity index (χ4n) is 1.24. The van der Waals surface area contributed by atoms with Gasteiger partial charge in [0.15, 0.2) is 5.16 Å². The van der Waals surface area contributed by atoms with Crippen LogP contribution >= 0.6 is 11.8 Å². The molecular weight excluding hydrogens is 238 g/mol. The van der Waals surface area contributed by atoms with Crippen LogP contribution in [0, 0.1) is 6.92 Å². The van der Waals surface area contributed by atoms with Gasteiger partial charge in [-0.25, -0.2) is 9.97 Å². The first-order valence-electron chi connectivity index (χ1n) is 5.38. The number of aliphatic carboxylic acids is 1. The molecule has 0 bridgehead atoms. The molecule has 0 saturated heterocycles. The van der Waals surface area contributed by atoms with Crippen molar-refractivity contribution in [1.29, 1.82) is 0 Å². The van der Waals surface area contributed by atoms with Crippen LogP contribution in [0.5, 0.6) is 0 Å². The Morgan fingerprint density at radius 2 is 2.12 bits per heavy atom. The molecule has 0 fully saturated rings. The summed E-state index contributed by atoms with van der Waals surface area (Å²) in [6.07, 6.45) is 3.45. The minimum Gasteiger partial charge on any atom is -0.480 e. The van der Waals surface area contributed by atoms with Gasteiger partial charge in [0.05, 0.1) is 0 Å². The lowest BCUT2D eigenvalue weighted by atomic mass is 10.1. The summed E-state index contributed by atoms with van der Waals surface area (Å²) in [6.45, 7) is 6.07. The molecule has 0 aliphatic rings. The molecule has 1 rings (SSSR count). The first-order valence-corrected chi connectivity index (χ1v) is 6.36. The molecule has 0 radical (unpaired) electrons. The van der Waals surface area contributed by atoms with Crippen molar-refractivity contribution in [2.24, 2.45) is 0 Å². The third kappa shape index (κ3) is 3.98. The summed E-state index contributed by atoms with van der Waals surface area (Å²) < 4.78 is 0. The van der Waals surface area contributed by atoms with Crippen molar-refractivity contribution < 1.29 is 9.90 Å². The quantitative estimate of drug-likeness (QED) is 0.590. The first-order chi connectivity index (χ1) is 7.98. The highest BCUT2D eigenvalue weighted by molar-refractivity contribution is 7.99. The van der Waals surface area contributed by atoms with E-state index in [1.165, 1.54) is 11.8 Å². The van der Waals surface area contributed by atoms with Gasteiger partial charge in [0.1, 0.15) is 5.54 Å². The Morgan fingerprint density at radius 3 is 2.59 bits per heavy atom. The van der Waals surface area contributed by atoms with Crippen LogP contribution in [0.25, 0.3) is 0 Å². The van der Waals surface area contributed by atoms with E-state index in [4.69, 9.17) is 5.11 Å². The number of rotatable bonds is 6. The van der Waals surface area contributed by atoms with Crippen LogP contribution in [-0.4, -0.2) is 38.9 Å². The third-order valence-electron chi connectivity index (χ3n) is 2.29. The predicted octanol–water partition coefficient (Wildman–Crippen LogP) is 1.33. The smallest absolute Gasteiger partial charge is 0.324 e. The highest BCUT2D eigenvalue weighted by atomic mass is 32.2. The number of thioether (sulfide) groups is 1. The van der Waals surface area contributed by atoms with Gasteiger partial charge in [-0.3, -0.25) is 4.79 Å². The monoisotopic (exact) mass is 255 g/mol. The topological polar surface area (TPSA) is 75.1 Å². The molecule has 2 N–H and O–H groups in total. The molecular formula is C11H17N3O2S. The molecule has 1 atom stereocenters. The van der Waals surface area contributed by atoms with Gasteiger partial charge < -0.3 is 10.4 Å². The van der Waals surface area contributed by atoms with Crippen LogP contribution in [-0.2, 0) is 4.79 Å². The van der Waals surface area contributed by atoms with Crippen molar-refractivity contribution in [2.75, 3.05) is 12.3 Å². The molecule has 1 unspecified atom stereocenters. The Hall–Kier alpha value is -1.14. The lowest BCUT2D eigenvalue weighted by Crippen LogP contribution is -2.51. The standard InChI is InChI=1S/C11H17N3O2S/c1-4-14-11(3,9(15)16)7-17-10-12-5-8(2)6-13-10/h5-6,14H,4,7H2,1-3H3,(H,15,16). The molecule has 0 aromatic carbocycles. The molecule has 1 heterocycles. The van der Waals surface area contributed by atoms with Crippen LogP contribution < -0.4 is 5.32 Å². The van der Waals surface area contributed by atoms with Gasteiger partial charge in [0.25, 0.3) is 0 Å². The van der Waals surface area contributed by atoms with Crippen LogP contribution in [0.4, 0.5) is 0 Å². The van der Waals surface area contributed by atoms with Crippen molar-refractivity contribution in [3.8, 4) is 0 Å². The zero-order valence-corrected chi connectivity index (χ0v) is 11.0. The number of hydrogen-bond donors (Lipinski definition) is 2. The molecule has 1 aromatic rings. The highest BCUT2D eigenvalue weighted by Crippen LogP contribution is 2.19. The molecule has 17 heavy (non-hydrogen) atoms. The van der Waals surface area contributed by atoms with Gasteiger partial charge in [0.2, 0.25) is 0 Å². The summed E-state index contributed by atoms with van der Waals surface area (Å²) >= 11 is 1.34. The summed E-state index contributed by atoms with van der Waals surface area (Å²) in [6, 6.07) is 0. The Morgan fingerprint density at radius 1 is 1.53 bits per heavy atom. The van der Waals surface area contributed by atoms with E-state index in [1.807, 2.05) is 13.8 Å². The van der Waals surface area contributed by atoms with Crippen LogP contribution in [0.2, 0.25) is 0 Å². The van der Waals surface area contributed by atoms with Gasteiger partial charge in [-0.2, -0.15) is 0 Å². The van der Waals surface area contributed by atoms with Crippen molar-refractivity contribution in [1.82, 2.24) is 15.3 Å². The number of likely N-dealkylation sites (N-methyl/N-ethyl adjacent to an activating group) is 1. The van der Waals surface area contributed by atoms with E-state index in [0.29, 0.717) is 17.5 Å². The van der Waals surface area contributed by atoms with Gasteiger partial charge in [-0.05, 0) is 26.0 Å². The largest absolute Gasteiger partial charge is 0.480 e. The Labute approximate surface area is 105 Å². The molecule has 5 nitrogen and oxygen atoms in total. The zero-order chi connectivity index (χ0) is 12.9. The van der Waals surface area contributed by atoms with Crippen LogP contribution in [0.15, 0.2) is 17.6 Å². The van der Waals surface area contributed by atoms with Gasteiger partial charge in [-0.15, -0.1) is 0 Å². The molecule has 0 amide bonds. The summed E-state index contributed by atoms with van der Waals surface area (Å²) in [5, 5.41) is 12.7. The lowest BCUT2D eigenvalue weighted by molar-refractivity contribution is -0.143. The van der Waals surface area contributed by atoms with E-state index in [0.717, 1.165) is 5.56 Å². The SMILES string of the molecule is CCNC(C)(CSc1ncc(C)cn1)C(=O)O. The maximum Gasteiger partial charge on any atom is 0.324 e. The van der Waals surface area contributed by atoms with Gasteiger partial charge in [-0.1, -0.05) is 18.7 Å². The average molecular weight is 255 g/mol. The Bertz CT molecular complexity index is 383. The number of nitrogens with one attached hydrogen (secondary N) is 1. The molecule has 0 spiro atoms. The maximum absolute atomic E-state index is 11.2. The number of nitrogens with zero attached hydrogens (tertiary/aromatic N) is 2. The summed E-state index contributed by atoms with van der Waals surface area (Å²) in [4.78, 5) is 19.4. The fourth-order valence-corrected chi connectivity index (χ4v) is 2.14. The van der Waals surface area contributed by atoms with Crippen LogP contribution in [0.1, 0.15) is 19.4 Å². The second kappa shape index (κ2) is 5.97. The third-order valence-corrected chi connectivity index (χ3v) is 3.48. The normalized spacial score (nSPS) is 14.3. The first kappa shape index (κ1) is 13.9. The molecule has 0 aliphatic carbocycles. The number of aromatic nitrogens is 2. The predicted molar refractivity (Wildman–Crippen MR) is 67.2 cm³/mol. The molecule has 6 heteroatoms. The number of carbonyl (C=O) groups is 1. The van der Waals surface area contributed by atoms with E-state index in [9.17, 15) is 4.79 Å². The second-order valence-electron chi connectivity index (χ2n) is 4.00. The van der Waals surface area contributed by atoms with Crippen molar-refractivity contribution in [2.45, 2.75) is 31.5 Å². The van der Waals surface area contributed by atoms with E-state index in [1.54, 1.807) is 19.3 Å². The van der Waals surface area contributed by atoms with E-state index >= 15 is 0 Å². The highest BCUT2D eigenvalue weighted by Gasteiger charge is 2.32. The molecule has 0 aliphatic heterocycles. The summed E-state index contributed by atoms with van der Waals surface area (Å²) in [7, 11) is 0. The molecule has 1 aromatic heterocycles. The molecule has 0 saturated carbocycles. The summed E-state index contributed by atoms with van der Waals surface area (Å²) in [5.74, 6) is -0.474. The van der Waals surface area contributed by atoms with Crippen molar-refractivity contribution in [3.63, 3.8) is 0 Å².